The Balaban J connectivity index is 0.941. The number of hydrogen-bond acceptors (Lipinski definition) is 8. The normalized spacial score (nSPS) is 14.0. The third-order valence-corrected chi connectivity index (χ3v) is 20.1. The maximum Gasteiger partial charge on any atom is 0.268 e. The molecule has 6 nitrogen and oxygen atoms in total. The van der Waals surface area contributed by atoms with Crippen LogP contribution in [0.1, 0.15) is 22.3 Å². The van der Waals surface area contributed by atoms with E-state index in [0.717, 1.165) is 67.9 Å². The van der Waals surface area contributed by atoms with Crippen molar-refractivity contribution in [2.45, 2.75) is 27.7 Å². The fraction of sp³-hybridized carbons (Fsp3) is 0.0794. The second kappa shape index (κ2) is 15.2. The Morgan fingerprint density at radius 1 is 0.467 bits per heavy atom. The highest BCUT2D eigenvalue weighted by Gasteiger charge is 2.48. The lowest BCUT2D eigenvalue weighted by molar-refractivity contribution is 0.487. The molecule has 0 bridgehead atoms. The van der Waals surface area contributed by atoms with E-state index in [4.69, 9.17) is 9.47 Å². The van der Waals surface area contributed by atoms with Gasteiger partial charge in [0.15, 0.2) is 0 Å². The van der Waals surface area contributed by atoms with Crippen LogP contribution in [0, 0.1) is 27.7 Å². The molecule has 75 heavy (non-hydrogen) atoms. The largest absolute Gasteiger partial charge is 0.458 e. The highest BCUT2D eigenvalue weighted by atomic mass is 32.2. The average molecular weight is 1020 g/mol. The summed E-state index contributed by atoms with van der Waals surface area (Å²) in [5, 5.41) is 13.1. The number of nitrogens with zero attached hydrogens (tertiary/aromatic N) is 2. The van der Waals surface area contributed by atoms with Crippen LogP contribution >= 0.6 is 34.6 Å². The van der Waals surface area contributed by atoms with Crippen molar-refractivity contribution < 1.29 is 9.47 Å². The summed E-state index contributed by atoms with van der Waals surface area (Å²) in [6.07, 6.45) is 2.18. The summed E-state index contributed by atoms with van der Waals surface area (Å²) in [6, 6.07) is 58.9. The number of anilines is 6. The third-order valence-electron chi connectivity index (χ3n) is 16.8. The quantitative estimate of drug-likeness (QED) is 0.136. The third kappa shape index (κ3) is 5.74. The Bertz CT molecular complexity index is 4540. The summed E-state index contributed by atoms with van der Waals surface area (Å²) in [4.78, 5) is 0. The Kier molecular flexibility index (Phi) is 8.63. The molecule has 354 valence electrons. The maximum atomic E-state index is 7.50. The summed E-state index contributed by atoms with van der Waals surface area (Å²) < 4.78 is 24.6. The van der Waals surface area contributed by atoms with Gasteiger partial charge in [0.2, 0.25) is 0 Å². The molecule has 12 aromatic rings. The van der Waals surface area contributed by atoms with Gasteiger partial charge < -0.3 is 24.7 Å². The molecule has 5 aliphatic rings. The molecule has 2 N–H and O–H groups in total. The summed E-state index contributed by atoms with van der Waals surface area (Å²) in [5.74, 6) is 3.67. The smallest absolute Gasteiger partial charge is 0.268 e. The van der Waals surface area contributed by atoms with Crippen LogP contribution in [0.15, 0.2) is 158 Å². The lowest BCUT2D eigenvalue weighted by Gasteiger charge is -2.40. The molecule has 0 amide bonds. The van der Waals surface area contributed by atoms with Crippen molar-refractivity contribution >= 4 is 179 Å². The summed E-state index contributed by atoms with van der Waals surface area (Å²) in [6.45, 7) is 8.87. The Labute approximate surface area is 447 Å². The van der Waals surface area contributed by atoms with Crippen molar-refractivity contribution in [2.24, 2.45) is 0 Å². The van der Waals surface area contributed by atoms with Gasteiger partial charge in [0.1, 0.15) is 23.0 Å². The number of para-hydroxylation sites is 2. The van der Waals surface area contributed by atoms with Gasteiger partial charge in [-0.2, -0.15) is 0 Å². The van der Waals surface area contributed by atoms with Crippen LogP contribution in [0.2, 0.25) is 0 Å². The predicted molar refractivity (Wildman–Crippen MR) is 325 cm³/mol. The fourth-order valence-corrected chi connectivity index (χ4v) is 17.1. The first-order chi connectivity index (χ1) is 36.8. The number of nitrogens with one attached hydrogen (secondary N) is 2. The minimum atomic E-state index is -0.147. The summed E-state index contributed by atoms with van der Waals surface area (Å²) >= 11 is 5.55. The second-order valence-electron chi connectivity index (χ2n) is 21.1. The van der Waals surface area contributed by atoms with Crippen LogP contribution in [0.5, 0.6) is 23.0 Å². The van der Waals surface area contributed by atoms with E-state index in [1.807, 2.05) is 22.7 Å². The van der Waals surface area contributed by atoms with E-state index in [9.17, 15) is 0 Å². The van der Waals surface area contributed by atoms with Gasteiger partial charge in [-0.25, -0.2) is 0 Å². The molecule has 0 saturated heterocycles. The highest BCUT2D eigenvalue weighted by Crippen LogP contribution is 2.46. The van der Waals surface area contributed by atoms with Crippen LogP contribution in [-0.2, 0) is 0 Å². The van der Waals surface area contributed by atoms with Crippen LogP contribution < -0.4 is 72.2 Å². The number of rotatable bonds is 3. The monoisotopic (exact) mass is 1020 g/mol. The van der Waals surface area contributed by atoms with Crippen LogP contribution in [0.4, 0.5) is 34.1 Å². The first-order valence-electron chi connectivity index (χ1n) is 25.8. The molecule has 12 heteroatoms. The van der Waals surface area contributed by atoms with Crippen LogP contribution in [-0.4, -0.2) is 31.0 Å². The van der Waals surface area contributed by atoms with Gasteiger partial charge in [-0.1, -0.05) is 90.5 Å². The number of benzene rings is 9. The van der Waals surface area contributed by atoms with E-state index in [2.05, 4.69) is 211 Å². The molecule has 0 spiro atoms. The standard InChI is InChI=1S/C63H43B3N4O2S3/c1-32-22-34(3)58-47(23-32)67-46-30-45-41(28-42(46)65(58)62-35(4)37-14-8-12-20-56(37)74-62)64-44-29-43-51(70(73-5)52-24-33(2)25-54-60(52)66(43)63-61(72-54)40-17-9-13-21-57(40)75-63)31-53(44)71-55-27-36(26-48(68-45)59(55)64)69-49-18-10-6-15-38(49)39-16-7-11-19-50(39)69/h6-31,67-68H,1-5H3. The van der Waals surface area contributed by atoms with E-state index in [-0.39, 0.29) is 20.1 Å². The Hall–Kier alpha value is -7.76. The van der Waals surface area contributed by atoms with E-state index in [1.54, 1.807) is 11.9 Å². The minimum Gasteiger partial charge on any atom is -0.458 e. The van der Waals surface area contributed by atoms with Gasteiger partial charge in [0, 0.05) is 71.5 Å². The van der Waals surface area contributed by atoms with E-state index in [1.165, 1.54) is 107 Å². The number of fused-ring (bicyclic) bond motifs is 16. The number of hydrogen-bond donors (Lipinski definition) is 2. The van der Waals surface area contributed by atoms with Gasteiger partial charge in [-0.05, 0) is 165 Å². The number of thiophene rings is 2. The molecular weight excluding hydrogens is 973 g/mol. The van der Waals surface area contributed by atoms with Crippen LogP contribution in [0.25, 0.3) is 47.7 Å². The van der Waals surface area contributed by atoms with Crippen molar-refractivity contribution in [2.75, 3.05) is 21.2 Å². The molecule has 0 radical (unpaired) electrons. The highest BCUT2D eigenvalue weighted by molar-refractivity contribution is 8.00. The molecule has 0 aliphatic carbocycles. The first-order valence-corrected chi connectivity index (χ1v) is 28.6. The fourth-order valence-electron chi connectivity index (χ4n) is 13.8. The Morgan fingerprint density at radius 3 is 1.83 bits per heavy atom. The van der Waals surface area contributed by atoms with Gasteiger partial charge in [-0.15, -0.1) is 22.7 Å². The molecule has 3 aromatic heterocycles. The molecular formula is C63H43B3N4O2S3. The van der Waals surface area contributed by atoms with Crippen molar-refractivity contribution in [1.29, 1.82) is 0 Å². The maximum absolute atomic E-state index is 7.50. The molecule has 0 fully saturated rings. The predicted octanol–water partition coefficient (Wildman–Crippen LogP) is 11.1. The molecule has 0 atom stereocenters. The van der Waals surface area contributed by atoms with Crippen LogP contribution in [0.3, 0.4) is 0 Å². The van der Waals surface area contributed by atoms with Crippen molar-refractivity contribution in [1.82, 2.24) is 4.57 Å². The van der Waals surface area contributed by atoms with E-state index >= 15 is 0 Å². The molecule has 5 aliphatic heterocycles. The zero-order valence-corrected chi connectivity index (χ0v) is 44.1. The second-order valence-corrected chi connectivity index (χ2v) is 24.0. The molecule has 0 unspecified atom stereocenters. The summed E-state index contributed by atoms with van der Waals surface area (Å²) in [7, 11) is 0. The lowest BCUT2D eigenvalue weighted by atomic mass is 9.30. The zero-order chi connectivity index (χ0) is 49.7. The van der Waals surface area contributed by atoms with Crippen molar-refractivity contribution in [3.63, 3.8) is 0 Å². The number of aromatic nitrogens is 1. The number of aryl methyl sites for hydroxylation is 4. The van der Waals surface area contributed by atoms with Crippen molar-refractivity contribution in [3.05, 3.63) is 180 Å². The molecule has 8 heterocycles. The Morgan fingerprint density at radius 2 is 1.08 bits per heavy atom. The molecule has 17 rings (SSSR count). The SMILES string of the molecule is CSN1c2cc3c(cc2B2c4sc5ccccc5c4Oc4cc(C)cc1c42)B1c2cc4c(cc2Nc2cc(-n5c6ccccc6c6ccccc65)cc(c21)O3)Nc1cc(C)cc(C)c1B4c1sc2ccccc2c1C. The van der Waals surface area contributed by atoms with E-state index < -0.39 is 0 Å². The lowest BCUT2D eigenvalue weighted by Crippen LogP contribution is -2.63. The minimum absolute atomic E-state index is 0.0306. The van der Waals surface area contributed by atoms with E-state index in [0.29, 0.717) is 0 Å². The molecule has 9 aromatic carbocycles. The first kappa shape index (κ1) is 42.6. The van der Waals surface area contributed by atoms with Gasteiger partial charge in [0.05, 0.1) is 28.1 Å². The summed E-state index contributed by atoms with van der Waals surface area (Å²) in [5.41, 5.74) is 24.0. The van der Waals surface area contributed by atoms with Gasteiger partial charge in [-0.3, -0.25) is 4.31 Å². The van der Waals surface area contributed by atoms with Crippen molar-refractivity contribution in [3.8, 4) is 28.7 Å². The zero-order valence-electron chi connectivity index (χ0n) is 41.7. The number of ether oxygens (including phenoxy) is 2. The van der Waals surface area contributed by atoms with Gasteiger partial charge in [0.25, 0.3) is 20.1 Å². The van der Waals surface area contributed by atoms with Gasteiger partial charge >= 0.3 is 0 Å². The average Bonchev–Trinajstić information content (AvgIpc) is 4.08. The molecule has 0 saturated carbocycles. The topological polar surface area (TPSA) is 50.7 Å².